The Kier molecular flexibility index (Phi) is 46.1. The summed E-state index contributed by atoms with van der Waals surface area (Å²) in [5.41, 5.74) is 0. The van der Waals surface area contributed by atoms with E-state index in [4.69, 9.17) is 9.47 Å². The van der Waals surface area contributed by atoms with E-state index in [0.717, 1.165) is 77.0 Å². The number of carbonyl (C=O) groups is 4. The topological polar surface area (TPSA) is 198 Å². The summed E-state index contributed by atoms with van der Waals surface area (Å²) in [5, 5.41) is 49.0. The first-order valence-electron chi connectivity index (χ1n) is 31.0. The second-order valence-corrected chi connectivity index (χ2v) is 22.2. The van der Waals surface area contributed by atoms with E-state index >= 15 is 0 Å². The van der Waals surface area contributed by atoms with Gasteiger partial charge in [0.2, 0.25) is 11.8 Å². The van der Waals surface area contributed by atoms with Crippen molar-refractivity contribution in [1.82, 2.24) is 20.4 Å². The van der Waals surface area contributed by atoms with E-state index in [0.29, 0.717) is 65.0 Å². The maximum atomic E-state index is 13.1. The van der Waals surface area contributed by atoms with E-state index in [1.165, 1.54) is 128 Å². The van der Waals surface area contributed by atoms with Gasteiger partial charge in [-0.1, -0.05) is 233 Å². The van der Waals surface area contributed by atoms with E-state index < -0.39 is 60.3 Å². The summed E-state index contributed by atoms with van der Waals surface area (Å²) in [6.45, 7) is 10.9. The Morgan fingerprint density at radius 2 is 0.608 bits per heavy atom. The molecule has 0 radical (unpaired) electrons. The molecule has 0 bridgehead atoms. The minimum atomic E-state index is -1.16. The van der Waals surface area contributed by atoms with Crippen LogP contribution >= 0.6 is 0 Å². The summed E-state index contributed by atoms with van der Waals surface area (Å²) in [5.74, 6) is -2.54. The molecule has 1 rings (SSSR count). The quantitative estimate of drug-likeness (QED) is 0.0249. The maximum Gasteiger partial charge on any atom is 0.308 e. The first-order valence-corrected chi connectivity index (χ1v) is 31.0. The van der Waals surface area contributed by atoms with Crippen molar-refractivity contribution < 1.29 is 49.1 Å². The monoisotopic (exact) mass is 1050 g/mol. The molecule has 6 atom stereocenters. The zero-order valence-electron chi connectivity index (χ0n) is 48.1. The van der Waals surface area contributed by atoms with Crippen molar-refractivity contribution in [3.63, 3.8) is 0 Å². The molecule has 14 nitrogen and oxygen atoms in total. The minimum absolute atomic E-state index is 0.00158. The Bertz CT molecular complexity index is 1190. The summed E-state index contributed by atoms with van der Waals surface area (Å²) < 4.78 is 11.1. The number of nitrogens with zero attached hydrogens (tertiary/aromatic N) is 2. The number of unbranched alkanes of at least 4 members (excludes halogenated alkanes) is 28. The van der Waals surface area contributed by atoms with Crippen molar-refractivity contribution >= 4 is 23.8 Å². The lowest BCUT2D eigenvalue weighted by Gasteiger charge is -2.29. The number of esters is 2. The third kappa shape index (κ3) is 40.8. The lowest BCUT2D eigenvalue weighted by Crippen LogP contribution is -2.62. The molecule has 0 aromatic heterocycles. The van der Waals surface area contributed by atoms with Crippen LogP contribution in [-0.2, 0) is 28.7 Å². The maximum absolute atomic E-state index is 13.1. The highest BCUT2D eigenvalue weighted by molar-refractivity contribution is 6.00. The molecule has 0 aliphatic carbocycles. The van der Waals surface area contributed by atoms with Gasteiger partial charge in [-0.2, -0.15) is 0 Å². The fourth-order valence-electron chi connectivity index (χ4n) is 10.1. The van der Waals surface area contributed by atoms with E-state index in [1.807, 2.05) is 9.80 Å². The Hall–Kier alpha value is -2.36. The standard InChI is InChI=1S/C60H116N4O10/c1-5-9-13-17-21-25-29-33-37-51(65)47-63(48-52(66)38-34-30-26-22-18-14-10-6-2)41-43-73-57(69)45-55-59(71)62-56(60(72)61-55)46-58(70)74-44-42-64(49-53(67)39-35-31-27-23-19-15-11-7-3)50-54(68)40-36-32-28-24-20-16-12-8-4/h51-56,65-68H,5-50H2,1-4H3,(H,61,72)(H,62,71). The molecule has 6 N–H and O–H groups in total. The summed E-state index contributed by atoms with van der Waals surface area (Å²) in [4.78, 5) is 56.1. The van der Waals surface area contributed by atoms with Crippen LogP contribution in [0, 0.1) is 0 Å². The van der Waals surface area contributed by atoms with Gasteiger partial charge in [0.25, 0.3) is 0 Å². The highest BCUT2D eigenvalue weighted by Gasteiger charge is 2.36. The highest BCUT2D eigenvalue weighted by atomic mass is 16.5. The van der Waals surface area contributed by atoms with E-state index in [1.54, 1.807) is 0 Å². The largest absolute Gasteiger partial charge is 0.464 e. The zero-order chi connectivity index (χ0) is 54.3. The number of ether oxygens (including phenoxy) is 2. The summed E-state index contributed by atoms with van der Waals surface area (Å²) in [6, 6.07) is -2.33. The number of rotatable bonds is 54. The molecule has 74 heavy (non-hydrogen) atoms. The van der Waals surface area contributed by atoms with E-state index in [-0.39, 0.29) is 26.1 Å². The van der Waals surface area contributed by atoms with Gasteiger partial charge >= 0.3 is 11.9 Å². The molecule has 1 saturated heterocycles. The van der Waals surface area contributed by atoms with Gasteiger partial charge in [-0.3, -0.25) is 29.0 Å². The predicted octanol–water partition coefficient (Wildman–Crippen LogP) is 11.0. The molecule has 2 amide bonds. The average Bonchev–Trinajstić information content (AvgIpc) is 3.36. The van der Waals surface area contributed by atoms with Gasteiger partial charge in [0, 0.05) is 39.3 Å². The fourth-order valence-corrected chi connectivity index (χ4v) is 10.1. The van der Waals surface area contributed by atoms with Crippen LogP contribution in [0.5, 0.6) is 0 Å². The third-order valence-electron chi connectivity index (χ3n) is 14.8. The predicted molar refractivity (Wildman–Crippen MR) is 301 cm³/mol. The van der Waals surface area contributed by atoms with Crippen LogP contribution in [0.25, 0.3) is 0 Å². The van der Waals surface area contributed by atoms with Crippen LogP contribution in [0.3, 0.4) is 0 Å². The Morgan fingerprint density at radius 3 is 0.838 bits per heavy atom. The Balaban J connectivity index is 2.64. The highest BCUT2D eigenvalue weighted by Crippen LogP contribution is 2.17. The van der Waals surface area contributed by atoms with Gasteiger partial charge < -0.3 is 40.5 Å². The summed E-state index contributed by atoms with van der Waals surface area (Å²) in [6.07, 6.45) is 37.4. The molecule has 0 aromatic carbocycles. The molecular formula is C60H116N4O10. The minimum Gasteiger partial charge on any atom is -0.464 e. The van der Waals surface area contributed by atoms with Crippen LogP contribution in [0.15, 0.2) is 0 Å². The fraction of sp³-hybridized carbons (Fsp3) is 0.933. The first-order chi connectivity index (χ1) is 35.9. The van der Waals surface area contributed by atoms with Gasteiger partial charge in [-0.25, -0.2) is 0 Å². The van der Waals surface area contributed by atoms with Crippen molar-refractivity contribution in [3.8, 4) is 0 Å². The van der Waals surface area contributed by atoms with Crippen LogP contribution in [0.2, 0.25) is 0 Å². The van der Waals surface area contributed by atoms with Crippen molar-refractivity contribution in [1.29, 1.82) is 0 Å². The van der Waals surface area contributed by atoms with Crippen LogP contribution < -0.4 is 10.6 Å². The molecule has 1 aliphatic rings. The van der Waals surface area contributed by atoms with Crippen molar-refractivity contribution in [2.45, 2.75) is 308 Å². The first kappa shape index (κ1) is 69.7. The van der Waals surface area contributed by atoms with Gasteiger partial charge in [-0.05, 0) is 25.7 Å². The molecule has 0 saturated carbocycles. The normalized spacial score (nSPS) is 16.6. The second-order valence-electron chi connectivity index (χ2n) is 22.2. The number of piperazine rings is 1. The van der Waals surface area contributed by atoms with E-state index in [2.05, 4.69) is 38.3 Å². The molecule has 1 fully saturated rings. The molecule has 0 aromatic rings. The molecule has 1 aliphatic heterocycles. The number of hydrogen-bond donors (Lipinski definition) is 6. The van der Waals surface area contributed by atoms with Gasteiger partial charge in [0.15, 0.2) is 0 Å². The van der Waals surface area contributed by atoms with Crippen molar-refractivity contribution in [2.24, 2.45) is 0 Å². The summed E-state index contributed by atoms with van der Waals surface area (Å²) in [7, 11) is 0. The lowest BCUT2D eigenvalue weighted by molar-refractivity contribution is -0.151. The van der Waals surface area contributed by atoms with Crippen LogP contribution in [0.4, 0.5) is 0 Å². The lowest BCUT2D eigenvalue weighted by atomic mass is 10.0. The van der Waals surface area contributed by atoms with Gasteiger partial charge in [-0.15, -0.1) is 0 Å². The third-order valence-corrected chi connectivity index (χ3v) is 14.8. The van der Waals surface area contributed by atoms with Gasteiger partial charge in [0.1, 0.15) is 25.3 Å². The Labute approximate surface area is 452 Å². The van der Waals surface area contributed by atoms with Crippen molar-refractivity contribution in [2.75, 3.05) is 52.5 Å². The molecule has 1 heterocycles. The number of aliphatic hydroxyl groups excluding tert-OH is 4. The number of aliphatic hydroxyl groups is 4. The van der Waals surface area contributed by atoms with Gasteiger partial charge in [0.05, 0.1) is 37.3 Å². The average molecular weight is 1050 g/mol. The number of hydrogen-bond acceptors (Lipinski definition) is 12. The van der Waals surface area contributed by atoms with Crippen molar-refractivity contribution in [3.05, 3.63) is 0 Å². The number of amides is 2. The van der Waals surface area contributed by atoms with E-state index in [9.17, 15) is 39.6 Å². The zero-order valence-corrected chi connectivity index (χ0v) is 48.1. The van der Waals surface area contributed by atoms with Crippen LogP contribution in [0.1, 0.15) is 272 Å². The summed E-state index contributed by atoms with van der Waals surface area (Å²) >= 11 is 0. The van der Waals surface area contributed by atoms with Crippen LogP contribution in [-0.4, -0.2) is 143 Å². The SMILES string of the molecule is CCCCCCCCCCC(O)CN(CCOC(=O)CC1NC(=O)C(CC(=O)OCCN(CC(O)CCCCCCCCCC)CC(O)CCCCCCCCCC)NC1=O)CC(O)CCCCCCCCCC. The second kappa shape index (κ2) is 49.0. The molecular weight excluding hydrogens is 937 g/mol. The molecule has 0 spiro atoms. The number of nitrogens with one attached hydrogen (secondary N) is 2. The Morgan fingerprint density at radius 1 is 0.392 bits per heavy atom. The molecule has 14 heteroatoms. The number of carbonyl (C=O) groups excluding carboxylic acids is 4. The smallest absolute Gasteiger partial charge is 0.308 e. The molecule has 6 unspecified atom stereocenters. The molecule has 436 valence electrons.